The third kappa shape index (κ3) is 23.1. The predicted octanol–water partition coefficient (Wildman–Crippen LogP) is 2.83. The van der Waals surface area contributed by atoms with Gasteiger partial charge in [-0.3, -0.25) is 0 Å². The summed E-state index contributed by atoms with van der Waals surface area (Å²) in [5.74, 6) is 0. The molecule has 72 valence electrons. The molecular weight excluding hydrogens is 152 g/mol. The van der Waals surface area contributed by atoms with Crippen LogP contribution in [0.15, 0.2) is 37.8 Å². The van der Waals surface area contributed by atoms with Crippen LogP contribution in [-0.2, 0) is 4.74 Å². The van der Waals surface area contributed by atoms with Gasteiger partial charge in [0.15, 0.2) is 0 Å². The molecule has 0 spiro atoms. The highest BCUT2D eigenvalue weighted by Crippen LogP contribution is 1.85. The zero-order chi connectivity index (χ0) is 8.95. The van der Waals surface area contributed by atoms with Crippen molar-refractivity contribution in [1.82, 2.24) is 0 Å². The molecule has 0 rings (SSSR count). The van der Waals surface area contributed by atoms with Crippen LogP contribution in [0, 0.1) is 0 Å². The van der Waals surface area contributed by atoms with Gasteiger partial charge in [0.1, 0.15) is 0 Å². The second-order valence-electron chi connectivity index (χ2n) is 1.70. The molecule has 0 saturated heterocycles. The lowest BCUT2D eigenvalue weighted by Gasteiger charge is -1.85. The fourth-order valence-electron chi connectivity index (χ4n) is 0.349. The summed E-state index contributed by atoms with van der Waals surface area (Å²) >= 11 is 0. The first-order chi connectivity index (χ1) is 5.41. The van der Waals surface area contributed by atoms with E-state index in [1.807, 2.05) is 12.2 Å². The molecule has 0 heterocycles. The van der Waals surface area contributed by atoms with Crippen molar-refractivity contribution in [1.29, 1.82) is 0 Å². The highest BCUT2D eigenvalue weighted by Gasteiger charge is 1.66. The molecular formula is C10H20O2. The Balaban J connectivity index is -0.000000249. The molecule has 2 N–H and O–H groups in total. The van der Waals surface area contributed by atoms with Crippen LogP contribution in [0.3, 0.4) is 0 Å². The maximum Gasteiger partial charge on any atom is 0.0861 e. The smallest absolute Gasteiger partial charge is 0.0861 e. The molecule has 0 aromatic carbocycles. The van der Waals surface area contributed by atoms with Crippen LogP contribution < -0.4 is 0 Å². The van der Waals surface area contributed by atoms with E-state index in [-0.39, 0.29) is 5.48 Å². The maximum absolute atomic E-state index is 4.95. The molecule has 2 heteroatoms. The lowest BCUT2D eigenvalue weighted by atomic mass is 10.5. The summed E-state index contributed by atoms with van der Waals surface area (Å²) in [6, 6.07) is 0. The fraction of sp³-hybridized carbons (Fsp3) is 0.400. The molecule has 0 unspecified atom stereocenters. The normalized spacial score (nSPS) is 8.83. The van der Waals surface area contributed by atoms with E-state index in [0.717, 1.165) is 12.8 Å². The summed E-state index contributed by atoms with van der Waals surface area (Å²) in [7, 11) is 0. The quantitative estimate of drug-likeness (QED) is 0.475. The van der Waals surface area contributed by atoms with E-state index in [4.69, 9.17) is 4.74 Å². The van der Waals surface area contributed by atoms with Crippen molar-refractivity contribution in [3.8, 4) is 0 Å². The lowest BCUT2D eigenvalue weighted by Crippen LogP contribution is -1.64. The van der Waals surface area contributed by atoms with Gasteiger partial charge in [0.2, 0.25) is 0 Å². The SMILES string of the molecule is C=C.CCC=COC=CCC.O. The molecule has 0 aromatic rings. The van der Waals surface area contributed by atoms with Gasteiger partial charge in [0, 0.05) is 0 Å². The molecule has 0 radical (unpaired) electrons. The summed E-state index contributed by atoms with van der Waals surface area (Å²) in [6.45, 7) is 10.1. The highest BCUT2D eigenvalue weighted by atomic mass is 16.5. The van der Waals surface area contributed by atoms with Gasteiger partial charge in [-0.1, -0.05) is 13.8 Å². The maximum atomic E-state index is 4.95. The van der Waals surface area contributed by atoms with E-state index >= 15 is 0 Å². The Labute approximate surface area is 75.6 Å². The summed E-state index contributed by atoms with van der Waals surface area (Å²) in [4.78, 5) is 0. The molecule has 12 heavy (non-hydrogen) atoms. The Morgan fingerprint density at radius 1 is 1.00 bits per heavy atom. The van der Waals surface area contributed by atoms with Crippen LogP contribution in [0.2, 0.25) is 0 Å². The summed E-state index contributed by atoms with van der Waals surface area (Å²) in [5.41, 5.74) is 0. The second kappa shape index (κ2) is 22.5. The summed E-state index contributed by atoms with van der Waals surface area (Å²) < 4.78 is 4.95. The molecule has 0 fully saturated rings. The summed E-state index contributed by atoms with van der Waals surface area (Å²) in [6.07, 6.45) is 9.40. The number of ether oxygens (including phenoxy) is 1. The molecule has 0 saturated carbocycles. The Kier molecular flexibility index (Phi) is 32.2. The number of hydrogen-bond donors (Lipinski definition) is 0. The zero-order valence-electron chi connectivity index (χ0n) is 8.05. The molecule has 0 bridgehead atoms. The van der Waals surface area contributed by atoms with E-state index < -0.39 is 0 Å². The van der Waals surface area contributed by atoms with E-state index in [0.29, 0.717) is 0 Å². The topological polar surface area (TPSA) is 40.7 Å². The van der Waals surface area contributed by atoms with Gasteiger partial charge < -0.3 is 10.2 Å². The largest absolute Gasteiger partial charge is 0.473 e. The Morgan fingerprint density at radius 3 is 1.58 bits per heavy atom. The van der Waals surface area contributed by atoms with Gasteiger partial charge in [0.25, 0.3) is 0 Å². The van der Waals surface area contributed by atoms with E-state index in [9.17, 15) is 0 Å². The van der Waals surface area contributed by atoms with Crippen LogP contribution >= 0.6 is 0 Å². The molecule has 0 amide bonds. The number of hydrogen-bond acceptors (Lipinski definition) is 1. The van der Waals surface area contributed by atoms with Gasteiger partial charge in [-0.25, -0.2) is 0 Å². The van der Waals surface area contributed by atoms with Crippen LogP contribution in [0.5, 0.6) is 0 Å². The first-order valence-electron chi connectivity index (χ1n) is 3.87. The minimum absolute atomic E-state index is 0. The first-order valence-corrected chi connectivity index (χ1v) is 3.87. The van der Waals surface area contributed by atoms with E-state index in [1.54, 1.807) is 12.5 Å². The first kappa shape index (κ1) is 17.2. The highest BCUT2D eigenvalue weighted by molar-refractivity contribution is 4.77. The van der Waals surface area contributed by atoms with Gasteiger partial charge in [-0.05, 0) is 25.0 Å². The van der Waals surface area contributed by atoms with Crippen molar-refractivity contribution < 1.29 is 10.2 Å². The predicted molar refractivity (Wildman–Crippen MR) is 54.8 cm³/mol. The third-order valence-electron chi connectivity index (χ3n) is 0.821. The summed E-state index contributed by atoms with van der Waals surface area (Å²) in [5, 5.41) is 0. The molecule has 0 aliphatic heterocycles. The zero-order valence-corrected chi connectivity index (χ0v) is 8.05. The number of allylic oxidation sites excluding steroid dienone is 2. The molecule has 0 aromatic heterocycles. The minimum atomic E-state index is 0. The third-order valence-corrected chi connectivity index (χ3v) is 0.821. The average molecular weight is 172 g/mol. The van der Waals surface area contributed by atoms with Crippen molar-refractivity contribution >= 4 is 0 Å². The minimum Gasteiger partial charge on any atom is -0.473 e. The molecule has 2 nitrogen and oxygen atoms in total. The van der Waals surface area contributed by atoms with Crippen molar-refractivity contribution in [3.63, 3.8) is 0 Å². The van der Waals surface area contributed by atoms with E-state index in [2.05, 4.69) is 27.0 Å². The van der Waals surface area contributed by atoms with Gasteiger partial charge in [0.05, 0.1) is 12.5 Å². The molecule has 0 aliphatic rings. The fourth-order valence-corrected chi connectivity index (χ4v) is 0.349. The van der Waals surface area contributed by atoms with Crippen molar-refractivity contribution in [2.75, 3.05) is 0 Å². The van der Waals surface area contributed by atoms with Crippen molar-refractivity contribution in [3.05, 3.63) is 37.8 Å². The standard InChI is InChI=1S/C8H14O.C2H4.H2O/c1-3-5-7-9-8-6-4-2;1-2;/h5-8H,3-4H2,1-2H3;1-2H2;1H2. The van der Waals surface area contributed by atoms with Crippen LogP contribution in [-0.4, -0.2) is 5.48 Å². The van der Waals surface area contributed by atoms with Crippen molar-refractivity contribution in [2.24, 2.45) is 0 Å². The second-order valence-corrected chi connectivity index (χ2v) is 1.70. The van der Waals surface area contributed by atoms with Gasteiger partial charge >= 0.3 is 0 Å². The number of rotatable bonds is 4. The van der Waals surface area contributed by atoms with Crippen LogP contribution in [0.4, 0.5) is 0 Å². The van der Waals surface area contributed by atoms with Crippen molar-refractivity contribution in [2.45, 2.75) is 26.7 Å². The molecule has 0 atom stereocenters. The van der Waals surface area contributed by atoms with Crippen LogP contribution in [0.1, 0.15) is 26.7 Å². The van der Waals surface area contributed by atoms with E-state index in [1.165, 1.54) is 0 Å². The average Bonchev–Trinajstić information content (AvgIpc) is 2.08. The van der Waals surface area contributed by atoms with Gasteiger partial charge in [-0.15, -0.1) is 13.2 Å². The Morgan fingerprint density at radius 2 is 1.33 bits per heavy atom. The van der Waals surface area contributed by atoms with Gasteiger partial charge in [-0.2, -0.15) is 0 Å². The lowest BCUT2D eigenvalue weighted by molar-refractivity contribution is 0.399. The van der Waals surface area contributed by atoms with Crippen LogP contribution in [0.25, 0.3) is 0 Å². The molecule has 0 aliphatic carbocycles. The Hall–Kier alpha value is -1.02. The monoisotopic (exact) mass is 172 g/mol. The Bertz CT molecular complexity index is 94.4.